The molecule has 0 spiro atoms. The van der Waals surface area contributed by atoms with Crippen LogP contribution in [0.2, 0.25) is 0 Å². The van der Waals surface area contributed by atoms with Crippen molar-refractivity contribution < 1.29 is 4.79 Å². The number of nitrogens with zero attached hydrogens (tertiary/aromatic N) is 1. The molecule has 2 aliphatic rings. The van der Waals surface area contributed by atoms with Gasteiger partial charge in [-0.15, -0.1) is 0 Å². The SMILES string of the molecule is C[C@@H]1CN(C(=O)C2CCc3ccccc3C2)CCN1. The van der Waals surface area contributed by atoms with E-state index in [4.69, 9.17) is 0 Å². The lowest BCUT2D eigenvalue weighted by molar-refractivity contribution is -0.137. The number of nitrogens with one attached hydrogen (secondary N) is 1. The van der Waals surface area contributed by atoms with Crippen molar-refractivity contribution in [3.05, 3.63) is 35.4 Å². The molecule has 3 rings (SSSR count). The largest absolute Gasteiger partial charge is 0.340 e. The van der Waals surface area contributed by atoms with E-state index in [1.807, 2.05) is 0 Å². The Hall–Kier alpha value is -1.35. The van der Waals surface area contributed by atoms with E-state index < -0.39 is 0 Å². The molecular formula is C16H22N2O. The normalized spacial score (nSPS) is 26.9. The lowest BCUT2D eigenvalue weighted by Crippen LogP contribution is -2.53. The second kappa shape index (κ2) is 5.33. The second-order valence-electron chi connectivity index (χ2n) is 5.85. The third-order valence-electron chi connectivity index (χ3n) is 4.38. The first kappa shape index (κ1) is 12.7. The van der Waals surface area contributed by atoms with Crippen LogP contribution in [0, 0.1) is 5.92 Å². The molecule has 3 heteroatoms. The minimum atomic E-state index is 0.195. The zero-order chi connectivity index (χ0) is 13.2. The van der Waals surface area contributed by atoms with Crippen molar-refractivity contribution in [1.82, 2.24) is 10.2 Å². The molecule has 0 bridgehead atoms. The summed E-state index contributed by atoms with van der Waals surface area (Å²) in [6, 6.07) is 8.98. The molecule has 19 heavy (non-hydrogen) atoms. The van der Waals surface area contributed by atoms with E-state index in [2.05, 4.69) is 41.4 Å². The lowest BCUT2D eigenvalue weighted by Gasteiger charge is -2.35. The van der Waals surface area contributed by atoms with Gasteiger partial charge < -0.3 is 10.2 Å². The molecule has 0 saturated carbocycles. The molecule has 0 radical (unpaired) electrons. The Bertz CT molecular complexity index is 472. The van der Waals surface area contributed by atoms with Crippen molar-refractivity contribution in [1.29, 1.82) is 0 Å². The van der Waals surface area contributed by atoms with E-state index in [1.54, 1.807) is 0 Å². The Morgan fingerprint density at radius 3 is 2.89 bits per heavy atom. The third-order valence-corrected chi connectivity index (χ3v) is 4.38. The molecule has 0 aromatic heterocycles. The van der Waals surface area contributed by atoms with E-state index >= 15 is 0 Å². The van der Waals surface area contributed by atoms with Crippen LogP contribution in [0.15, 0.2) is 24.3 Å². The van der Waals surface area contributed by atoms with Gasteiger partial charge in [-0.05, 0) is 37.3 Å². The maximum atomic E-state index is 12.6. The first-order valence-corrected chi connectivity index (χ1v) is 7.33. The standard InChI is InChI=1S/C16H22N2O/c1-12-11-18(9-8-17-12)16(19)15-7-6-13-4-2-3-5-14(13)10-15/h2-5,12,15,17H,6-11H2,1H3/t12-,15?/m1/s1. The zero-order valence-corrected chi connectivity index (χ0v) is 11.6. The van der Waals surface area contributed by atoms with Gasteiger partial charge >= 0.3 is 0 Å². The summed E-state index contributed by atoms with van der Waals surface area (Å²) in [5.74, 6) is 0.558. The first-order chi connectivity index (χ1) is 9.24. The minimum absolute atomic E-state index is 0.195. The number of amides is 1. The summed E-state index contributed by atoms with van der Waals surface area (Å²) in [5, 5.41) is 3.39. The highest BCUT2D eigenvalue weighted by atomic mass is 16.2. The summed E-state index contributed by atoms with van der Waals surface area (Å²) in [7, 11) is 0. The zero-order valence-electron chi connectivity index (χ0n) is 11.6. The van der Waals surface area contributed by atoms with Crippen LogP contribution in [0.3, 0.4) is 0 Å². The van der Waals surface area contributed by atoms with E-state index in [9.17, 15) is 4.79 Å². The number of aryl methyl sites for hydroxylation is 1. The minimum Gasteiger partial charge on any atom is -0.340 e. The number of rotatable bonds is 1. The highest BCUT2D eigenvalue weighted by molar-refractivity contribution is 5.79. The summed E-state index contributed by atoms with van der Waals surface area (Å²) < 4.78 is 0. The smallest absolute Gasteiger partial charge is 0.226 e. The van der Waals surface area contributed by atoms with Crippen LogP contribution in [0.5, 0.6) is 0 Å². The molecule has 1 aliphatic carbocycles. The molecule has 1 saturated heterocycles. The number of benzene rings is 1. The number of hydrogen-bond acceptors (Lipinski definition) is 2. The summed E-state index contributed by atoms with van der Waals surface area (Å²) >= 11 is 0. The first-order valence-electron chi connectivity index (χ1n) is 7.33. The molecule has 1 amide bonds. The fourth-order valence-electron chi connectivity index (χ4n) is 3.30. The van der Waals surface area contributed by atoms with Gasteiger partial charge in [-0.1, -0.05) is 24.3 Å². The summed E-state index contributed by atoms with van der Waals surface area (Å²) in [4.78, 5) is 14.7. The average Bonchev–Trinajstić information content (AvgIpc) is 2.46. The van der Waals surface area contributed by atoms with Crippen LogP contribution in [0.1, 0.15) is 24.5 Å². The highest BCUT2D eigenvalue weighted by Gasteiger charge is 2.29. The van der Waals surface area contributed by atoms with Crippen molar-refractivity contribution in [2.45, 2.75) is 32.2 Å². The van der Waals surface area contributed by atoms with Crippen LogP contribution in [0.25, 0.3) is 0 Å². The Kier molecular flexibility index (Phi) is 3.56. The third kappa shape index (κ3) is 2.66. The van der Waals surface area contributed by atoms with Gasteiger partial charge in [-0.3, -0.25) is 4.79 Å². The second-order valence-corrected chi connectivity index (χ2v) is 5.85. The predicted molar refractivity (Wildman–Crippen MR) is 76.0 cm³/mol. The Morgan fingerprint density at radius 1 is 1.32 bits per heavy atom. The van der Waals surface area contributed by atoms with Gasteiger partial charge in [0.05, 0.1) is 0 Å². The summed E-state index contributed by atoms with van der Waals surface area (Å²) in [6.07, 6.45) is 2.98. The number of fused-ring (bicyclic) bond motifs is 1. The molecule has 1 unspecified atom stereocenters. The molecule has 2 atom stereocenters. The maximum absolute atomic E-state index is 12.6. The van der Waals surface area contributed by atoms with Crippen molar-refractivity contribution in [3.63, 3.8) is 0 Å². The van der Waals surface area contributed by atoms with Crippen molar-refractivity contribution >= 4 is 5.91 Å². The fraction of sp³-hybridized carbons (Fsp3) is 0.562. The van der Waals surface area contributed by atoms with Crippen LogP contribution in [-0.2, 0) is 17.6 Å². The van der Waals surface area contributed by atoms with Crippen LogP contribution < -0.4 is 5.32 Å². The molecule has 1 aliphatic heterocycles. The highest BCUT2D eigenvalue weighted by Crippen LogP contribution is 2.27. The Morgan fingerprint density at radius 2 is 2.11 bits per heavy atom. The van der Waals surface area contributed by atoms with Crippen molar-refractivity contribution in [2.24, 2.45) is 5.92 Å². The van der Waals surface area contributed by atoms with Crippen LogP contribution in [-0.4, -0.2) is 36.5 Å². The van der Waals surface area contributed by atoms with Gasteiger partial charge in [0, 0.05) is 31.6 Å². The van der Waals surface area contributed by atoms with E-state index in [0.717, 1.165) is 38.9 Å². The maximum Gasteiger partial charge on any atom is 0.226 e. The molecule has 1 fully saturated rings. The number of carbonyl (C=O) groups is 1. The van der Waals surface area contributed by atoms with Gasteiger partial charge in [0.25, 0.3) is 0 Å². The van der Waals surface area contributed by atoms with Gasteiger partial charge in [0.15, 0.2) is 0 Å². The molecule has 1 aromatic rings. The Balaban J connectivity index is 1.69. The molecule has 1 N–H and O–H groups in total. The monoisotopic (exact) mass is 258 g/mol. The van der Waals surface area contributed by atoms with Gasteiger partial charge in [0.2, 0.25) is 5.91 Å². The van der Waals surface area contributed by atoms with Crippen molar-refractivity contribution in [2.75, 3.05) is 19.6 Å². The van der Waals surface area contributed by atoms with Gasteiger partial charge in [-0.25, -0.2) is 0 Å². The Labute approximate surface area is 115 Å². The predicted octanol–water partition coefficient (Wildman–Crippen LogP) is 1.61. The molecule has 102 valence electrons. The number of hydrogen-bond donors (Lipinski definition) is 1. The van der Waals surface area contributed by atoms with Crippen molar-refractivity contribution in [3.8, 4) is 0 Å². The van der Waals surface area contributed by atoms with Crippen LogP contribution in [0.4, 0.5) is 0 Å². The quantitative estimate of drug-likeness (QED) is 0.830. The van der Waals surface area contributed by atoms with Gasteiger partial charge in [-0.2, -0.15) is 0 Å². The molecule has 1 heterocycles. The average molecular weight is 258 g/mol. The number of carbonyl (C=O) groups excluding carboxylic acids is 1. The molecule has 1 aromatic carbocycles. The molecular weight excluding hydrogens is 236 g/mol. The summed E-state index contributed by atoms with van der Waals surface area (Å²) in [5.41, 5.74) is 2.80. The summed E-state index contributed by atoms with van der Waals surface area (Å²) in [6.45, 7) is 4.80. The van der Waals surface area contributed by atoms with E-state index in [-0.39, 0.29) is 5.92 Å². The number of piperazine rings is 1. The van der Waals surface area contributed by atoms with E-state index in [1.165, 1.54) is 11.1 Å². The molecule has 3 nitrogen and oxygen atoms in total. The lowest BCUT2D eigenvalue weighted by atomic mass is 9.83. The van der Waals surface area contributed by atoms with E-state index in [0.29, 0.717) is 11.9 Å². The van der Waals surface area contributed by atoms with Gasteiger partial charge in [0.1, 0.15) is 0 Å². The topological polar surface area (TPSA) is 32.3 Å². The van der Waals surface area contributed by atoms with Crippen LogP contribution >= 0.6 is 0 Å². The fourth-order valence-corrected chi connectivity index (χ4v) is 3.30.